The van der Waals surface area contributed by atoms with Gasteiger partial charge in [-0.2, -0.15) is 0 Å². The predicted octanol–water partition coefficient (Wildman–Crippen LogP) is 2.60. The average Bonchev–Trinajstić information content (AvgIpc) is 2.33. The molecule has 5 rings (SSSR count). The van der Waals surface area contributed by atoms with Gasteiger partial charge < -0.3 is 10.2 Å². The Morgan fingerprint density at radius 3 is 2.61 bits per heavy atom. The average molecular weight is 308 g/mol. The van der Waals surface area contributed by atoms with Crippen LogP contribution in [0.1, 0.15) is 12.8 Å². The Morgan fingerprint density at radius 2 is 1.94 bits per heavy atom. The molecule has 0 unspecified atom stereocenters. The zero-order chi connectivity index (χ0) is 12.1. The monoisotopic (exact) mass is 307 g/mol. The first-order chi connectivity index (χ1) is 8.78. The molecule has 4 bridgehead atoms. The Morgan fingerprint density at radius 1 is 1.17 bits per heavy atom. The van der Waals surface area contributed by atoms with Crippen LogP contribution in [0.3, 0.4) is 0 Å². The van der Waals surface area contributed by atoms with Crippen LogP contribution in [0.15, 0.2) is 22.9 Å². The third-order valence-corrected chi connectivity index (χ3v) is 5.26. The molecule has 1 aromatic rings. The summed E-state index contributed by atoms with van der Waals surface area (Å²) < 4.78 is 1.06. The molecule has 1 N–H and O–H groups in total. The van der Waals surface area contributed by atoms with Gasteiger partial charge in [0.05, 0.1) is 11.9 Å². The van der Waals surface area contributed by atoms with Crippen LogP contribution in [0, 0.1) is 17.8 Å². The lowest BCUT2D eigenvalue weighted by Crippen LogP contribution is -2.62. The number of hydrogen-bond donors (Lipinski definition) is 1. The Balaban J connectivity index is 1.55. The van der Waals surface area contributed by atoms with Crippen molar-refractivity contribution in [3.63, 3.8) is 0 Å². The predicted molar refractivity (Wildman–Crippen MR) is 75.5 cm³/mol. The van der Waals surface area contributed by atoms with Gasteiger partial charge in [-0.3, -0.25) is 4.98 Å². The minimum Gasteiger partial charge on any atom is -0.380 e. The second kappa shape index (κ2) is 4.20. The topological polar surface area (TPSA) is 28.2 Å². The molecule has 0 spiro atoms. The van der Waals surface area contributed by atoms with Gasteiger partial charge in [-0.15, -0.1) is 0 Å². The van der Waals surface area contributed by atoms with Crippen molar-refractivity contribution < 1.29 is 0 Å². The maximum Gasteiger partial charge on any atom is 0.0540 e. The summed E-state index contributed by atoms with van der Waals surface area (Å²) in [5, 5.41) is 3.75. The van der Waals surface area contributed by atoms with Crippen molar-refractivity contribution in [3.8, 4) is 0 Å². The Kier molecular flexibility index (Phi) is 2.62. The molecule has 3 aliphatic heterocycles. The van der Waals surface area contributed by atoms with E-state index in [1.807, 2.05) is 12.4 Å². The summed E-state index contributed by atoms with van der Waals surface area (Å²) in [7, 11) is 0. The summed E-state index contributed by atoms with van der Waals surface area (Å²) >= 11 is 3.49. The van der Waals surface area contributed by atoms with Gasteiger partial charge in [0.2, 0.25) is 0 Å². The van der Waals surface area contributed by atoms with Gasteiger partial charge in [0.25, 0.3) is 0 Å². The Bertz CT molecular complexity index is 434. The van der Waals surface area contributed by atoms with Gasteiger partial charge in [0, 0.05) is 36.3 Å². The molecule has 4 fully saturated rings. The number of piperidine rings is 3. The van der Waals surface area contributed by atoms with Crippen molar-refractivity contribution in [2.24, 2.45) is 17.8 Å². The van der Waals surface area contributed by atoms with Crippen molar-refractivity contribution >= 4 is 21.6 Å². The van der Waals surface area contributed by atoms with Gasteiger partial charge in [0.15, 0.2) is 0 Å². The third kappa shape index (κ3) is 1.86. The minimum absolute atomic E-state index is 0.661. The van der Waals surface area contributed by atoms with E-state index >= 15 is 0 Å². The number of nitrogens with zero attached hydrogens (tertiary/aromatic N) is 2. The molecule has 18 heavy (non-hydrogen) atoms. The molecular formula is C14H18BrN3. The lowest BCUT2D eigenvalue weighted by atomic mass is 9.65. The maximum atomic E-state index is 4.25. The van der Waals surface area contributed by atoms with E-state index in [2.05, 4.69) is 37.2 Å². The molecule has 96 valence electrons. The van der Waals surface area contributed by atoms with Crippen molar-refractivity contribution in [1.29, 1.82) is 0 Å². The molecule has 1 aliphatic carbocycles. The third-order valence-electron chi connectivity index (χ3n) is 4.83. The highest BCUT2D eigenvalue weighted by Crippen LogP contribution is 2.44. The number of aromatic nitrogens is 1. The molecule has 1 saturated carbocycles. The fraction of sp³-hybridized carbons (Fsp3) is 0.643. The highest BCUT2D eigenvalue weighted by molar-refractivity contribution is 9.10. The first-order valence-electron chi connectivity index (χ1n) is 6.87. The van der Waals surface area contributed by atoms with E-state index in [4.69, 9.17) is 0 Å². The van der Waals surface area contributed by atoms with Gasteiger partial charge in [-0.25, -0.2) is 0 Å². The van der Waals surface area contributed by atoms with Crippen LogP contribution >= 0.6 is 15.9 Å². The normalized spacial score (nSPS) is 41.1. The van der Waals surface area contributed by atoms with Crippen LogP contribution in [0.4, 0.5) is 5.69 Å². The number of halogens is 1. The van der Waals surface area contributed by atoms with E-state index in [0.717, 1.165) is 27.9 Å². The van der Waals surface area contributed by atoms with E-state index in [1.165, 1.54) is 32.5 Å². The number of nitrogens with one attached hydrogen (secondary N) is 1. The largest absolute Gasteiger partial charge is 0.380 e. The zero-order valence-electron chi connectivity index (χ0n) is 10.3. The van der Waals surface area contributed by atoms with Gasteiger partial charge in [-0.05, 0) is 52.6 Å². The number of hydrogen-bond acceptors (Lipinski definition) is 3. The summed E-state index contributed by atoms with van der Waals surface area (Å²) in [6.45, 7) is 3.95. The quantitative estimate of drug-likeness (QED) is 0.910. The summed E-state index contributed by atoms with van der Waals surface area (Å²) in [6, 6.07) is 2.80. The van der Waals surface area contributed by atoms with Crippen molar-refractivity contribution in [2.45, 2.75) is 18.9 Å². The molecular weight excluding hydrogens is 290 g/mol. The lowest BCUT2D eigenvalue weighted by molar-refractivity contribution is -0.0269. The molecule has 0 radical (unpaired) electrons. The lowest BCUT2D eigenvalue weighted by Gasteiger charge is -2.56. The second-order valence-corrected chi connectivity index (χ2v) is 7.05. The van der Waals surface area contributed by atoms with E-state index < -0.39 is 0 Å². The SMILES string of the molecule is Brc1cncc(NC2[C@H]3CC4C[C@H]2CN(C4)C3)c1. The molecule has 4 aliphatic rings. The fourth-order valence-electron chi connectivity index (χ4n) is 4.33. The number of pyridine rings is 1. The standard InChI is InChI=1S/C14H18BrN3/c15-12-3-13(5-16-4-12)17-14-10-1-9-2-11(14)8-18(6-9)7-10/h3-5,9-11,14,17H,1-2,6-8H2/t9?,10-,11-,14?/m0/s1. The van der Waals surface area contributed by atoms with Crippen molar-refractivity contribution in [1.82, 2.24) is 9.88 Å². The zero-order valence-corrected chi connectivity index (χ0v) is 11.9. The maximum absolute atomic E-state index is 4.25. The number of anilines is 1. The smallest absolute Gasteiger partial charge is 0.0540 e. The molecule has 0 amide bonds. The van der Waals surface area contributed by atoms with Crippen LogP contribution in [0.2, 0.25) is 0 Å². The first-order valence-corrected chi connectivity index (χ1v) is 7.66. The Hall–Kier alpha value is -0.610. The summed E-state index contributed by atoms with van der Waals surface area (Å²) in [5.41, 5.74) is 1.16. The first kappa shape index (κ1) is 11.2. The highest BCUT2D eigenvalue weighted by atomic mass is 79.9. The summed E-state index contributed by atoms with van der Waals surface area (Å²) in [6.07, 6.45) is 6.63. The molecule has 0 aromatic carbocycles. The van der Waals surface area contributed by atoms with Crippen LogP contribution in [-0.2, 0) is 0 Å². The van der Waals surface area contributed by atoms with E-state index in [0.29, 0.717) is 6.04 Å². The van der Waals surface area contributed by atoms with Crippen LogP contribution in [0.25, 0.3) is 0 Å². The molecule has 2 atom stereocenters. The fourth-order valence-corrected chi connectivity index (χ4v) is 4.69. The minimum atomic E-state index is 0.661. The van der Waals surface area contributed by atoms with E-state index in [1.54, 1.807) is 0 Å². The van der Waals surface area contributed by atoms with Crippen molar-refractivity contribution in [2.75, 3.05) is 25.0 Å². The van der Waals surface area contributed by atoms with Crippen LogP contribution < -0.4 is 5.32 Å². The molecule has 4 heterocycles. The number of rotatable bonds is 2. The summed E-state index contributed by atoms with van der Waals surface area (Å²) in [4.78, 5) is 6.92. The molecule has 3 saturated heterocycles. The van der Waals surface area contributed by atoms with Crippen LogP contribution in [0.5, 0.6) is 0 Å². The molecule has 1 aromatic heterocycles. The molecule has 4 heteroatoms. The highest BCUT2D eigenvalue weighted by Gasteiger charge is 2.47. The van der Waals surface area contributed by atoms with E-state index in [-0.39, 0.29) is 0 Å². The summed E-state index contributed by atoms with van der Waals surface area (Å²) in [5.74, 6) is 2.66. The van der Waals surface area contributed by atoms with Gasteiger partial charge in [-0.1, -0.05) is 0 Å². The van der Waals surface area contributed by atoms with E-state index in [9.17, 15) is 0 Å². The van der Waals surface area contributed by atoms with Crippen LogP contribution in [-0.4, -0.2) is 35.6 Å². The molecule has 3 nitrogen and oxygen atoms in total. The Labute approximate surface area is 116 Å². The van der Waals surface area contributed by atoms with Crippen molar-refractivity contribution in [3.05, 3.63) is 22.9 Å². The van der Waals surface area contributed by atoms with Gasteiger partial charge >= 0.3 is 0 Å². The van der Waals surface area contributed by atoms with Gasteiger partial charge in [0.1, 0.15) is 0 Å². The second-order valence-electron chi connectivity index (χ2n) is 6.14.